The third-order valence-electron chi connectivity index (χ3n) is 5.52. The number of likely N-dealkylation sites (N-methyl/N-ethyl adjacent to an activating group) is 1. The van der Waals surface area contributed by atoms with Gasteiger partial charge < -0.3 is 24.1 Å². The van der Waals surface area contributed by atoms with Gasteiger partial charge in [-0.15, -0.1) is 0 Å². The second-order valence-corrected chi connectivity index (χ2v) is 9.01. The highest BCUT2D eigenvalue weighted by Gasteiger charge is 2.44. The number of ether oxygens (including phenoxy) is 1. The number of furan rings is 1. The molecule has 0 spiro atoms. The molecule has 1 aromatic heterocycles. The number of fused-ring (bicyclic) bond motifs is 1. The Balaban J connectivity index is 1.79. The van der Waals surface area contributed by atoms with Crippen LogP contribution in [-0.4, -0.2) is 60.4 Å². The number of benzene rings is 2. The van der Waals surface area contributed by atoms with Crippen LogP contribution in [0.3, 0.4) is 0 Å². The number of aliphatic hydroxyl groups is 1. The lowest BCUT2D eigenvalue weighted by molar-refractivity contribution is -0.129. The third kappa shape index (κ3) is 4.54. The van der Waals surface area contributed by atoms with Crippen LogP contribution >= 0.6 is 15.9 Å². The van der Waals surface area contributed by atoms with E-state index in [1.807, 2.05) is 56.3 Å². The predicted octanol–water partition coefficient (Wildman–Crippen LogP) is 4.73. The SMILES string of the molecule is CCOc1cccc(C2C(C(=O)c3cc4cc(Br)ccc4o3)=C(O)C(=O)N2CCN(C)C)c1. The number of hydrogen-bond acceptors (Lipinski definition) is 6. The van der Waals surface area contributed by atoms with Crippen LogP contribution in [-0.2, 0) is 4.79 Å². The highest BCUT2D eigenvalue weighted by molar-refractivity contribution is 9.10. The zero-order chi connectivity index (χ0) is 23.7. The second kappa shape index (κ2) is 9.41. The number of carbonyl (C=O) groups is 2. The molecule has 1 N–H and O–H groups in total. The minimum atomic E-state index is -0.759. The summed E-state index contributed by atoms with van der Waals surface area (Å²) in [6, 6.07) is 13.5. The van der Waals surface area contributed by atoms with E-state index in [4.69, 9.17) is 9.15 Å². The van der Waals surface area contributed by atoms with E-state index in [1.165, 1.54) is 4.90 Å². The Morgan fingerprint density at radius 2 is 2.00 bits per heavy atom. The Hall–Kier alpha value is -3.10. The van der Waals surface area contributed by atoms with E-state index < -0.39 is 23.5 Å². The number of carbonyl (C=O) groups excluding carboxylic acids is 2. The molecule has 1 aliphatic rings. The van der Waals surface area contributed by atoms with Crippen molar-refractivity contribution < 1.29 is 23.8 Å². The molecule has 1 atom stereocenters. The second-order valence-electron chi connectivity index (χ2n) is 8.09. The molecule has 4 rings (SSSR count). The maximum Gasteiger partial charge on any atom is 0.290 e. The molecule has 0 radical (unpaired) electrons. The number of amides is 1. The minimum Gasteiger partial charge on any atom is -0.503 e. The van der Waals surface area contributed by atoms with Crippen molar-refractivity contribution in [2.24, 2.45) is 0 Å². The van der Waals surface area contributed by atoms with Crippen LogP contribution in [0.5, 0.6) is 5.75 Å². The lowest BCUT2D eigenvalue weighted by atomic mass is 9.95. The zero-order valence-electron chi connectivity index (χ0n) is 18.7. The molecule has 7 nitrogen and oxygen atoms in total. The molecule has 3 aromatic rings. The van der Waals surface area contributed by atoms with Crippen molar-refractivity contribution in [2.75, 3.05) is 33.8 Å². The van der Waals surface area contributed by atoms with Crippen LogP contribution in [0.2, 0.25) is 0 Å². The topological polar surface area (TPSA) is 83.2 Å². The molecule has 1 amide bonds. The van der Waals surface area contributed by atoms with Crippen LogP contribution in [0.15, 0.2) is 68.8 Å². The van der Waals surface area contributed by atoms with Gasteiger partial charge in [0.05, 0.1) is 18.2 Å². The smallest absolute Gasteiger partial charge is 0.290 e. The monoisotopic (exact) mass is 512 g/mol. The van der Waals surface area contributed by atoms with Crippen molar-refractivity contribution in [3.63, 3.8) is 0 Å². The van der Waals surface area contributed by atoms with E-state index in [1.54, 1.807) is 18.2 Å². The van der Waals surface area contributed by atoms with Crippen molar-refractivity contribution in [1.29, 1.82) is 0 Å². The molecule has 1 unspecified atom stereocenters. The first kappa shape index (κ1) is 23.1. The average Bonchev–Trinajstić information content (AvgIpc) is 3.31. The van der Waals surface area contributed by atoms with Crippen LogP contribution < -0.4 is 4.74 Å². The van der Waals surface area contributed by atoms with Gasteiger partial charge >= 0.3 is 0 Å². The van der Waals surface area contributed by atoms with Gasteiger partial charge in [-0.2, -0.15) is 0 Å². The molecule has 1 aliphatic heterocycles. The van der Waals surface area contributed by atoms with E-state index in [2.05, 4.69) is 15.9 Å². The summed E-state index contributed by atoms with van der Waals surface area (Å²) in [5.41, 5.74) is 1.23. The standard InChI is InChI=1S/C25H25BrN2O5/c1-4-32-18-7-5-6-15(13-18)22-21(24(30)25(31)28(22)11-10-27(2)3)23(29)20-14-16-12-17(26)8-9-19(16)33-20/h5-9,12-14,22,30H,4,10-11H2,1-3H3. The summed E-state index contributed by atoms with van der Waals surface area (Å²) >= 11 is 3.42. The van der Waals surface area contributed by atoms with Crippen molar-refractivity contribution in [3.8, 4) is 5.75 Å². The fourth-order valence-corrected chi connectivity index (χ4v) is 4.35. The molecule has 33 heavy (non-hydrogen) atoms. The number of ketones is 1. The summed E-state index contributed by atoms with van der Waals surface area (Å²) in [5, 5.41) is 11.6. The molecule has 0 saturated carbocycles. The summed E-state index contributed by atoms with van der Waals surface area (Å²) in [5.74, 6) is -0.954. The molecular weight excluding hydrogens is 488 g/mol. The minimum absolute atomic E-state index is 0.00512. The first-order chi connectivity index (χ1) is 15.8. The van der Waals surface area contributed by atoms with Gasteiger partial charge in [-0.1, -0.05) is 28.1 Å². The van der Waals surface area contributed by atoms with Gasteiger partial charge in [0.2, 0.25) is 5.78 Å². The van der Waals surface area contributed by atoms with E-state index >= 15 is 0 Å². The Morgan fingerprint density at radius 1 is 1.21 bits per heavy atom. The summed E-state index contributed by atoms with van der Waals surface area (Å²) in [4.78, 5) is 30.1. The van der Waals surface area contributed by atoms with E-state index in [0.717, 1.165) is 9.86 Å². The molecule has 8 heteroatoms. The van der Waals surface area contributed by atoms with Crippen molar-refractivity contribution in [1.82, 2.24) is 9.80 Å². The van der Waals surface area contributed by atoms with E-state index in [9.17, 15) is 14.7 Å². The largest absolute Gasteiger partial charge is 0.503 e. The average molecular weight is 513 g/mol. The van der Waals surface area contributed by atoms with Gasteiger partial charge in [0.1, 0.15) is 11.3 Å². The van der Waals surface area contributed by atoms with Gasteiger partial charge in [-0.05, 0) is 63.0 Å². The van der Waals surface area contributed by atoms with Crippen molar-refractivity contribution in [3.05, 3.63) is 75.7 Å². The van der Waals surface area contributed by atoms with Gasteiger partial charge in [0.15, 0.2) is 11.5 Å². The Morgan fingerprint density at radius 3 is 2.73 bits per heavy atom. The molecule has 0 aliphatic carbocycles. The quantitative estimate of drug-likeness (QED) is 0.439. The van der Waals surface area contributed by atoms with Gasteiger partial charge in [0.25, 0.3) is 5.91 Å². The fourth-order valence-electron chi connectivity index (χ4n) is 3.97. The van der Waals surface area contributed by atoms with E-state index in [-0.39, 0.29) is 11.3 Å². The number of nitrogens with zero attached hydrogens (tertiary/aromatic N) is 2. The number of halogens is 1. The van der Waals surface area contributed by atoms with Crippen LogP contribution in [0.25, 0.3) is 11.0 Å². The molecule has 172 valence electrons. The molecule has 0 bridgehead atoms. The van der Waals surface area contributed by atoms with Gasteiger partial charge in [-0.25, -0.2) is 0 Å². The first-order valence-electron chi connectivity index (χ1n) is 10.7. The fraction of sp³-hybridized carbons (Fsp3) is 0.280. The van der Waals surface area contributed by atoms with Crippen LogP contribution in [0.4, 0.5) is 0 Å². The van der Waals surface area contributed by atoms with Crippen molar-refractivity contribution in [2.45, 2.75) is 13.0 Å². The highest BCUT2D eigenvalue weighted by Crippen LogP contribution is 2.40. The highest BCUT2D eigenvalue weighted by atomic mass is 79.9. The number of hydrogen-bond donors (Lipinski definition) is 1. The molecule has 2 heterocycles. The van der Waals surface area contributed by atoms with E-state index in [0.29, 0.717) is 36.6 Å². The van der Waals surface area contributed by atoms with Gasteiger partial charge in [-0.3, -0.25) is 9.59 Å². The Kier molecular flexibility index (Phi) is 6.58. The first-order valence-corrected chi connectivity index (χ1v) is 11.4. The third-order valence-corrected chi connectivity index (χ3v) is 6.02. The van der Waals surface area contributed by atoms with Crippen LogP contribution in [0, 0.1) is 0 Å². The normalized spacial score (nSPS) is 16.3. The molecule has 0 saturated heterocycles. The maximum absolute atomic E-state index is 13.6. The lowest BCUT2D eigenvalue weighted by Crippen LogP contribution is -2.36. The number of Topliss-reactive ketones (excluding diaryl/α,β-unsaturated/α-hetero) is 1. The van der Waals surface area contributed by atoms with Crippen LogP contribution in [0.1, 0.15) is 29.1 Å². The Bertz CT molecular complexity index is 1250. The summed E-state index contributed by atoms with van der Waals surface area (Å²) in [7, 11) is 3.80. The molecular formula is C25H25BrN2O5. The van der Waals surface area contributed by atoms with Gasteiger partial charge in [0, 0.05) is 22.9 Å². The van der Waals surface area contributed by atoms with Crippen molar-refractivity contribution >= 4 is 38.6 Å². The molecule has 2 aromatic carbocycles. The Labute approximate surface area is 200 Å². The number of aliphatic hydroxyl groups excluding tert-OH is 1. The summed E-state index contributed by atoms with van der Waals surface area (Å²) in [6.07, 6.45) is 0. The molecule has 0 fully saturated rings. The predicted molar refractivity (Wildman–Crippen MR) is 129 cm³/mol. The maximum atomic E-state index is 13.6. The zero-order valence-corrected chi connectivity index (χ0v) is 20.3. The number of rotatable bonds is 8. The summed E-state index contributed by atoms with van der Waals surface area (Å²) in [6.45, 7) is 3.28. The lowest BCUT2D eigenvalue weighted by Gasteiger charge is -2.28. The summed E-state index contributed by atoms with van der Waals surface area (Å²) < 4.78 is 12.3.